The highest BCUT2D eigenvalue weighted by atomic mass is 32.2. The molecule has 0 aliphatic rings. The molecule has 33 heavy (non-hydrogen) atoms. The van der Waals surface area contributed by atoms with E-state index < -0.39 is 15.1 Å². The van der Waals surface area contributed by atoms with Crippen molar-refractivity contribution < 1.29 is 13.2 Å². The van der Waals surface area contributed by atoms with Crippen LogP contribution in [0.5, 0.6) is 0 Å². The molecule has 0 fully saturated rings. The zero-order valence-corrected chi connectivity index (χ0v) is 19.6. The summed E-state index contributed by atoms with van der Waals surface area (Å²) >= 11 is 0. The topological polar surface area (TPSA) is 105 Å². The normalized spacial score (nSPS) is 11.8. The van der Waals surface area contributed by atoms with Crippen molar-refractivity contribution in [2.75, 3.05) is 5.32 Å². The molecule has 8 heteroatoms. The lowest BCUT2D eigenvalue weighted by Gasteiger charge is -2.09. The molecule has 2 aromatic carbocycles. The molecular formula is C25H26N4O3S. The molecule has 2 heterocycles. The van der Waals surface area contributed by atoms with E-state index in [1.807, 2.05) is 24.3 Å². The van der Waals surface area contributed by atoms with Gasteiger partial charge in [-0.05, 0) is 50.1 Å². The van der Waals surface area contributed by atoms with Crippen molar-refractivity contribution in [3.05, 3.63) is 72.1 Å². The summed E-state index contributed by atoms with van der Waals surface area (Å²) in [7, 11) is -3.35. The van der Waals surface area contributed by atoms with E-state index in [2.05, 4.69) is 27.2 Å². The number of fused-ring (bicyclic) bond motifs is 1. The van der Waals surface area contributed by atoms with Crippen LogP contribution < -0.4 is 5.32 Å². The number of hydrogen-bond acceptors (Lipinski definition) is 5. The van der Waals surface area contributed by atoms with Gasteiger partial charge in [-0.15, -0.1) is 0 Å². The van der Waals surface area contributed by atoms with Crippen molar-refractivity contribution in [2.24, 2.45) is 0 Å². The van der Waals surface area contributed by atoms with Crippen molar-refractivity contribution in [3.8, 4) is 11.3 Å². The second-order valence-electron chi connectivity index (χ2n) is 8.17. The number of benzene rings is 2. The van der Waals surface area contributed by atoms with Gasteiger partial charge in [0.15, 0.2) is 15.5 Å². The Labute approximate surface area is 193 Å². The number of hydrogen-bond donors (Lipinski definition) is 2. The summed E-state index contributed by atoms with van der Waals surface area (Å²) in [5, 5.41) is 2.41. The van der Waals surface area contributed by atoms with Crippen LogP contribution >= 0.6 is 0 Å². The monoisotopic (exact) mass is 462 g/mol. The number of sulfone groups is 1. The van der Waals surface area contributed by atoms with Crippen LogP contribution in [0, 0.1) is 0 Å². The minimum Gasteiger partial charge on any atom is -0.344 e. The van der Waals surface area contributed by atoms with Gasteiger partial charge in [0.1, 0.15) is 5.52 Å². The fraction of sp³-hybridized carbons (Fsp3) is 0.240. The fourth-order valence-electron chi connectivity index (χ4n) is 3.53. The maximum Gasteiger partial charge on any atom is 0.259 e. The Morgan fingerprint density at radius 3 is 2.39 bits per heavy atom. The molecule has 0 bridgehead atoms. The molecule has 7 nitrogen and oxygen atoms in total. The lowest BCUT2D eigenvalue weighted by atomic mass is 10.1. The van der Waals surface area contributed by atoms with Crippen molar-refractivity contribution in [1.82, 2.24) is 15.0 Å². The lowest BCUT2D eigenvalue weighted by Crippen LogP contribution is -2.13. The first-order chi connectivity index (χ1) is 15.8. The number of carbonyl (C=O) groups is 1. The van der Waals surface area contributed by atoms with E-state index in [0.717, 1.165) is 12.8 Å². The summed E-state index contributed by atoms with van der Waals surface area (Å²) in [5.74, 6) is -0.283. The molecule has 0 atom stereocenters. The number of aromatic amines is 1. The van der Waals surface area contributed by atoms with Gasteiger partial charge in [-0.2, -0.15) is 0 Å². The van der Waals surface area contributed by atoms with Crippen molar-refractivity contribution in [2.45, 2.75) is 43.8 Å². The largest absolute Gasteiger partial charge is 0.344 e. The number of nitrogens with one attached hydrogen (secondary N) is 2. The second-order valence-corrected chi connectivity index (χ2v) is 10.7. The molecule has 0 saturated carbocycles. The number of nitrogens with zero attached hydrogens (tertiary/aromatic N) is 2. The van der Waals surface area contributed by atoms with Crippen molar-refractivity contribution in [3.63, 3.8) is 0 Å². The molecule has 1 amide bonds. The van der Waals surface area contributed by atoms with Crippen molar-refractivity contribution >= 4 is 32.6 Å². The summed E-state index contributed by atoms with van der Waals surface area (Å²) in [6.45, 7) is 5.44. The second kappa shape index (κ2) is 9.15. The third kappa shape index (κ3) is 4.66. The first-order valence-electron chi connectivity index (χ1n) is 10.9. The lowest BCUT2D eigenvalue weighted by molar-refractivity contribution is 0.102. The van der Waals surface area contributed by atoms with E-state index >= 15 is 0 Å². The molecule has 4 rings (SSSR count). The first kappa shape index (κ1) is 22.7. The molecular weight excluding hydrogens is 436 g/mol. The average Bonchev–Trinajstić information content (AvgIpc) is 3.24. The summed E-state index contributed by atoms with van der Waals surface area (Å²) in [6, 6.07) is 14.4. The van der Waals surface area contributed by atoms with E-state index in [1.165, 1.54) is 5.56 Å². The van der Waals surface area contributed by atoms with Crippen LogP contribution in [-0.2, 0) is 16.3 Å². The third-order valence-corrected chi connectivity index (χ3v) is 7.65. The number of H-pyrrole nitrogens is 1. The first-order valence-corrected chi connectivity index (χ1v) is 12.4. The number of amides is 1. The van der Waals surface area contributed by atoms with Gasteiger partial charge < -0.3 is 10.3 Å². The van der Waals surface area contributed by atoms with Crippen LogP contribution in [0.4, 0.5) is 5.69 Å². The molecule has 4 aromatic rings. The average molecular weight is 463 g/mol. The van der Waals surface area contributed by atoms with E-state index in [-0.39, 0.29) is 10.8 Å². The van der Waals surface area contributed by atoms with Crippen molar-refractivity contribution in [1.29, 1.82) is 0 Å². The quantitative estimate of drug-likeness (QED) is 0.402. The van der Waals surface area contributed by atoms with Gasteiger partial charge in [0.25, 0.3) is 5.91 Å². The zero-order chi connectivity index (χ0) is 23.6. The molecule has 0 aliphatic heterocycles. The molecule has 0 aliphatic carbocycles. The van der Waals surface area contributed by atoms with E-state index in [0.29, 0.717) is 33.7 Å². The number of anilines is 1. The van der Waals surface area contributed by atoms with Gasteiger partial charge >= 0.3 is 0 Å². The molecule has 0 unspecified atom stereocenters. The fourth-order valence-corrected chi connectivity index (χ4v) is 4.59. The summed E-state index contributed by atoms with van der Waals surface area (Å²) in [5.41, 5.74) is 4.54. The van der Waals surface area contributed by atoms with Crippen LogP contribution in [0.15, 0.2) is 65.8 Å². The van der Waals surface area contributed by atoms with Gasteiger partial charge in [-0.25, -0.2) is 18.4 Å². The number of carbonyl (C=O) groups excluding carboxylic acids is 1. The van der Waals surface area contributed by atoms with Gasteiger partial charge in [-0.3, -0.25) is 4.79 Å². The van der Waals surface area contributed by atoms with Crippen LogP contribution in [-0.4, -0.2) is 34.5 Å². The highest BCUT2D eigenvalue weighted by Crippen LogP contribution is 2.24. The summed E-state index contributed by atoms with van der Waals surface area (Å²) in [4.78, 5) is 25.2. The molecule has 170 valence electrons. The molecule has 2 N–H and O–H groups in total. The Morgan fingerprint density at radius 2 is 1.76 bits per heavy atom. The Hall–Kier alpha value is -3.52. The third-order valence-electron chi connectivity index (χ3n) is 5.48. The smallest absolute Gasteiger partial charge is 0.259 e. The van der Waals surface area contributed by atoms with Crippen LogP contribution in [0.1, 0.15) is 43.1 Å². The number of aromatic nitrogens is 3. The predicted molar refractivity (Wildman–Crippen MR) is 130 cm³/mol. The number of aryl methyl sites for hydroxylation is 1. The zero-order valence-electron chi connectivity index (χ0n) is 18.8. The van der Waals surface area contributed by atoms with Gasteiger partial charge in [0, 0.05) is 17.4 Å². The Balaban J connectivity index is 1.60. The predicted octanol–water partition coefficient (Wildman–Crippen LogP) is 5.01. The Morgan fingerprint density at radius 1 is 1.06 bits per heavy atom. The minimum absolute atomic E-state index is 0.266. The van der Waals surface area contributed by atoms with E-state index in [9.17, 15) is 13.2 Å². The Kier molecular flexibility index (Phi) is 6.29. The SMILES string of the molecule is CCCc1ccc(NC(=O)c2c[nH]c3ncc(-c4ccc(S(=O)(=O)C(C)C)cc4)nc23)cc1. The summed E-state index contributed by atoms with van der Waals surface area (Å²) in [6.07, 6.45) is 5.25. The van der Waals surface area contributed by atoms with Crippen LogP contribution in [0.2, 0.25) is 0 Å². The summed E-state index contributed by atoms with van der Waals surface area (Å²) < 4.78 is 24.7. The van der Waals surface area contributed by atoms with E-state index in [4.69, 9.17) is 0 Å². The van der Waals surface area contributed by atoms with Gasteiger partial charge in [0.2, 0.25) is 0 Å². The van der Waals surface area contributed by atoms with Crippen LogP contribution in [0.25, 0.3) is 22.4 Å². The highest BCUT2D eigenvalue weighted by molar-refractivity contribution is 7.92. The maximum absolute atomic E-state index is 12.9. The van der Waals surface area contributed by atoms with Gasteiger partial charge in [-0.1, -0.05) is 37.6 Å². The molecule has 0 radical (unpaired) electrons. The minimum atomic E-state index is -3.35. The Bertz CT molecular complexity index is 1390. The number of rotatable bonds is 7. The molecule has 2 aromatic heterocycles. The van der Waals surface area contributed by atoms with Crippen LogP contribution in [0.3, 0.4) is 0 Å². The molecule has 0 saturated heterocycles. The van der Waals surface area contributed by atoms with Gasteiger partial charge in [0.05, 0.1) is 27.6 Å². The standard InChI is InChI=1S/C25H26N4O3S/c1-4-5-17-6-10-19(11-7-17)28-25(30)21-14-26-24-23(21)29-22(15-27-24)18-8-12-20(13-9-18)33(31,32)16(2)3/h6-16H,4-5H2,1-3H3,(H,26,27)(H,28,30). The molecule has 0 spiro atoms. The van der Waals surface area contributed by atoms with E-state index in [1.54, 1.807) is 50.5 Å². The maximum atomic E-state index is 12.9. The highest BCUT2D eigenvalue weighted by Gasteiger charge is 2.19.